The maximum absolute atomic E-state index is 12.5. The number of carbonyl (C=O) groups is 2. The Hall–Kier alpha value is -3.26. The van der Waals surface area contributed by atoms with Crippen LogP contribution in [0.2, 0.25) is 0 Å². The Labute approximate surface area is 172 Å². The van der Waals surface area contributed by atoms with Gasteiger partial charge in [-0.25, -0.2) is 9.78 Å². The van der Waals surface area contributed by atoms with Crippen LogP contribution in [0.3, 0.4) is 0 Å². The summed E-state index contributed by atoms with van der Waals surface area (Å²) in [5.74, 6) is -0.243. The molecule has 0 saturated heterocycles. The van der Waals surface area contributed by atoms with Crippen molar-refractivity contribution in [2.75, 3.05) is 5.32 Å². The Balaban J connectivity index is 1.75. The lowest BCUT2D eigenvalue weighted by Gasteiger charge is -2.17. The van der Waals surface area contributed by atoms with Crippen molar-refractivity contribution in [2.24, 2.45) is 5.92 Å². The lowest BCUT2D eigenvalue weighted by atomic mass is 10.0. The van der Waals surface area contributed by atoms with Crippen molar-refractivity contribution in [2.45, 2.75) is 26.3 Å². The van der Waals surface area contributed by atoms with Crippen molar-refractivity contribution in [3.63, 3.8) is 0 Å². The van der Waals surface area contributed by atoms with Crippen LogP contribution in [-0.2, 0) is 4.79 Å². The van der Waals surface area contributed by atoms with E-state index in [-0.39, 0.29) is 5.92 Å². The van der Waals surface area contributed by atoms with Crippen molar-refractivity contribution >= 4 is 28.5 Å². The molecule has 0 spiro atoms. The van der Waals surface area contributed by atoms with Crippen molar-refractivity contribution in [1.82, 2.24) is 15.3 Å². The molecule has 2 heterocycles. The van der Waals surface area contributed by atoms with Crippen molar-refractivity contribution in [3.05, 3.63) is 54.2 Å². The molecule has 0 aliphatic heterocycles. The van der Waals surface area contributed by atoms with Crippen molar-refractivity contribution in [1.29, 1.82) is 0 Å². The minimum atomic E-state index is -1.22. The zero-order valence-corrected chi connectivity index (χ0v) is 16.9. The summed E-state index contributed by atoms with van der Waals surface area (Å²) in [7, 11) is 0. The smallest absolute Gasteiger partial charge is 0.405 e. The van der Waals surface area contributed by atoms with Gasteiger partial charge in [-0.2, -0.15) is 0 Å². The van der Waals surface area contributed by atoms with Gasteiger partial charge in [0.05, 0.1) is 5.69 Å². The third-order valence-corrected chi connectivity index (χ3v) is 4.99. The largest absolute Gasteiger partial charge is 0.465 e. The maximum Gasteiger partial charge on any atom is 0.405 e. The average molecular weight is 410 g/mol. The molecule has 1 aromatic carbocycles. The first-order valence-corrected chi connectivity index (χ1v) is 10.1. The van der Waals surface area contributed by atoms with Crippen LogP contribution in [0.1, 0.15) is 20.3 Å². The molecule has 0 fully saturated rings. The summed E-state index contributed by atoms with van der Waals surface area (Å²) in [6.07, 6.45) is 2.68. The highest BCUT2D eigenvalue weighted by atomic mass is 32.1. The van der Waals surface area contributed by atoms with Gasteiger partial charge in [0, 0.05) is 23.3 Å². The molecular formula is C21H22N4O3S. The lowest BCUT2D eigenvalue weighted by Crippen LogP contribution is -2.44. The van der Waals surface area contributed by atoms with Crippen LogP contribution in [0.5, 0.6) is 0 Å². The molecule has 0 bridgehead atoms. The highest BCUT2D eigenvalue weighted by molar-refractivity contribution is 7.14. The monoisotopic (exact) mass is 410 g/mol. The van der Waals surface area contributed by atoms with Gasteiger partial charge in [-0.3, -0.25) is 9.78 Å². The van der Waals surface area contributed by atoms with E-state index in [0.29, 0.717) is 11.6 Å². The molecule has 0 aliphatic carbocycles. The van der Waals surface area contributed by atoms with E-state index in [1.807, 2.05) is 55.6 Å². The zero-order valence-electron chi connectivity index (χ0n) is 16.1. The fraction of sp³-hybridized carbons (Fsp3) is 0.238. The topological polar surface area (TPSA) is 104 Å². The van der Waals surface area contributed by atoms with E-state index in [4.69, 9.17) is 5.11 Å². The van der Waals surface area contributed by atoms with Crippen LogP contribution in [0.15, 0.2) is 54.2 Å². The summed E-state index contributed by atoms with van der Waals surface area (Å²) in [6.45, 7) is 3.86. The number of nitrogens with zero attached hydrogens (tertiary/aromatic N) is 2. The first-order valence-electron chi connectivity index (χ1n) is 9.19. The molecule has 150 valence electrons. The zero-order chi connectivity index (χ0) is 20.8. The first-order chi connectivity index (χ1) is 13.9. The normalized spacial score (nSPS) is 11.8. The van der Waals surface area contributed by atoms with Crippen LogP contribution in [0.4, 0.5) is 9.93 Å². The molecule has 2 aromatic heterocycles. The molecular weight excluding hydrogens is 388 g/mol. The summed E-state index contributed by atoms with van der Waals surface area (Å²) in [4.78, 5) is 32.0. The number of rotatable bonds is 7. The fourth-order valence-corrected chi connectivity index (χ4v) is 3.63. The number of carbonyl (C=O) groups excluding carboxylic acids is 1. The standard InChI is InChI=1S/C21H22N4O3S/c1-13(2)10-17(24-21(27)28)19(26)25-20-23-18(12-29-20)16-5-3-4-15(11-16)14-6-8-22-9-7-14/h3-9,11-13,17,24H,10H2,1-2H3,(H,27,28)(H,23,25,26). The second kappa shape index (κ2) is 9.29. The summed E-state index contributed by atoms with van der Waals surface area (Å²) in [5.41, 5.74) is 3.78. The first kappa shape index (κ1) is 20.5. The summed E-state index contributed by atoms with van der Waals surface area (Å²) >= 11 is 1.30. The van der Waals surface area contributed by atoms with Crippen molar-refractivity contribution < 1.29 is 14.7 Å². The van der Waals surface area contributed by atoms with Gasteiger partial charge in [0.1, 0.15) is 6.04 Å². The summed E-state index contributed by atoms with van der Waals surface area (Å²) in [5, 5.41) is 16.3. The number of anilines is 1. The van der Waals surface area contributed by atoms with E-state index in [1.165, 1.54) is 11.3 Å². The Morgan fingerprint density at radius 2 is 1.83 bits per heavy atom. The van der Waals surface area contributed by atoms with Crippen LogP contribution in [0, 0.1) is 5.92 Å². The van der Waals surface area contributed by atoms with Crippen LogP contribution < -0.4 is 10.6 Å². The van der Waals surface area contributed by atoms with Gasteiger partial charge < -0.3 is 15.7 Å². The van der Waals surface area contributed by atoms with Crippen LogP contribution in [-0.4, -0.2) is 33.1 Å². The average Bonchev–Trinajstić information content (AvgIpc) is 3.16. The quantitative estimate of drug-likeness (QED) is 0.532. The van der Waals surface area contributed by atoms with E-state index in [1.54, 1.807) is 12.4 Å². The summed E-state index contributed by atoms with van der Waals surface area (Å²) in [6, 6.07) is 11.0. The predicted molar refractivity (Wildman–Crippen MR) is 114 cm³/mol. The van der Waals surface area contributed by atoms with Gasteiger partial charge in [-0.05, 0) is 41.7 Å². The second-order valence-electron chi connectivity index (χ2n) is 6.98. The number of carboxylic acid groups (broad SMARTS) is 1. The van der Waals surface area contributed by atoms with Crippen LogP contribution >= 0.6 is 11.3 Å². The van der Waals surface area contributed by atoms with Crippen LogP contribution in [0.25, 0.3) is 22.4 Å². The molecule has 1 unspecified atom stereocenters. The molecule has 0 radical (unpaired) electrons. The molecule has 0 aliphatic rings. The van der Waals surface area contributed by atoms with E-state index >= 15 is 0 Å². The predicted octanol–water partition coefficient (Wildman–Crippen LogP) is 4.49. The van der Waals surface area contributed by atoms with Gasteiger partial charge >= 0.3 is 6.09 Å². The van der Waals surface area contributed by atoms with E-state index in [2.05, 4.69) is 20.6 Å². The number of amides is 2. The van der Waals surface area contributed by atoms with E-state index in [9.17, 15) is 9.59 Å². The minimum Gasteiger partial charge on any atom is -0.465 e. The van der Waals surface area contributed by atoms with Gasteiger partial charge in [-0.15, -0.1) is 11.3 Å². The third kappa shape index (κ3) is 5.61. The second-order valence-corrected chi connectivity index (χ2v) is 7.83. The number of aromatic nitrogens is 2. The third-order valence-electron chi connectivity index (χ3n) is 4.23. The number of hydrogen-bond donors (Lipinski definition) is 3. The Kier molecular flexibility index (Phi) is 6.56. The number of thiazole rings is 1. The molecule has 3 rings (SSSR count). The molecule has 3 aromatic rings. The molecule has 1 atom stereocenters. The van der Waals surface area contributed by atoms with Gasteiger partial charge in [-0.1, -0.05) is 32.0 Å². The molecule has 0 saturated carbocycles. The van der Waals surface area contributed by atoms with Gasteiger partial charge in [0.25, 0.3) is 0 Å². The SMILES string of the molecule is CC(C)CC(NC(=O)O)C(=O)Nc1nc(-c2cccc(-c3ccncc3)c2)cs1. The molecule has 8 heteroatoms. The molecule has 3 N–H and O–H groups in total. The highest BCUT2D eigenvalue weighted by Gasteiger charge is 2.22. The Morgan fingerprint density at radius 1 is 1.10 bits per heavy atom. The van der Waals surface area contributed by atoms with Crippen molar-refractivity contribution in [3.8, 4) is 22.4 Å². The van der Waals surface area contributed by atoms with E-state index < -0.39 is 18.0 Å². The van der Waals surface area contributed by atoms with Gasteiger partial charge in [0.2, 0.25) is 5.91 Å². The molecule has 29 heavy (non-hydrogen) atoms. The molecule has 7 nitrogen and oxygen atoms in total. The number of nitrogens with one attached hydrogen (secondary N) is 2. The Morgan fingerprint density at radius 3 is 2.52 bits per heavy atom. The maximum atomic E-state index is 12.5. The molecule has 2 amide bonds. The number of pyridine rings is 1. The number of hydrogen-bond acceptors (Lipinski definition) is 5. The lowest BCUT2D eigenvalue weighted by molar-refractivity contribution is -0.118. The summed E-state index contributed by atoms with van der Waals surface area (Å²) < 4.78 is 0. The minimum absolute atomic E-state index is 0.167. The Bertz CT molecular complexity index is 988. The fourth-order valence-electron chi connectivity index (χ4n) is 2.91. The number of benzene rings is 1. The van der Waals surface area contributed by atoms with Gasteiger partial charge in [0.15, 0.2) is 5.13 Å². The highest BCUT2D eigenvalue weighted by Crippen LogP contribution is 2.28. The van der Waals surface area contributed by atoms with E-state index in [0.717, 1.165) is 22.4 Å².